The van der Waals surface area contributed by atoms with Crippen LogP contribution in [-0.2, 0) is 14.8 Å². The molecule has 2 aliphatic rings. The van der Waals surface area contributed by atoms with Gasteiger partial charge in [0.25, 0.3) is 10.0 Å². The lowest BCUT2D eigenvalue weighted by atomic mass is 9.86. The van der Waals surface area contributed by atoms with E-state index in [1.165, 1.54) is 11.3 Å². The van der Waals surface area contributed by atoms with Crippen molar-refractivity contribution in [1.29, 1.82) is 0 Å². The highest BCUT2D eigenvalue weighted by Gasteiger charge is 2.38. The Hall–Kier alpha value is -0.920. The molecule has 0 saturated carbocycles. The number of fused-ring (bicyclic) bond motifs is 1. The van der Waals surface area contributed by atoms with Crippen LogP contribution in [0.15, 0.2) is 16.3 Å². The van der Waals surface area contributed by atoms with Crippen molar-refractivity contribution < 1.29 is 13.2 Å². The molecular formula is C13H18N2O3S2. The predicted molar refractivity (Wildman–Crippen MR) is 77.1 cm³/mol. The van der Waals surface area contributed by atoms with E-state index in [0.29, 0.717) is 30.1 Å². The number of thiophene rings is 1. The van der Waals surface area contributed by atoms with Gasteiger partial charge in [-0.25, -0.2) is 8.42 Å². The lowest BCUT2D eigenvalue weighted by Crippen LogP contribution is -2.54. The second kappa shape index (κ2) is 5.13. The first-order valence-corrected chi connectivity index (χ1v) is 9.08. The van der Waals surface area contributed by atoms with Gasteiger partial charge in [0.05, 0.1) is 0 Å². The zero-order chi connectivity index (χ0) is 14.3. The van der Waals surface area contributed by atoms with E-state index in [-0.39, 0.29) is 17.9 Å². The Balaban J connectivity index is 1.77. The van der Waals surface area contributed by atoms with Gasteiger partial charge in [-0.2, -0.15) is 4.31 Å². The SMILES string of the molecule is Cc1ccc(S(=O)(=O)N2CCC3NC(=O)CCC3C2)s1. The summed E-state index contributed by atoms with van der Waals surface area (Å²) in [6, 6.07) is 3.67. The maximum Gasteiger partial charge on any atom is 0.252 e. The van der Waals surface area contributed by atoms with E-state index in [4.69, 9.17) is 0 Å². The molecule has 2 fully saturated rings. The lowest BCUT2D eigenvalue weighted by Gasteiger charge is -2.40. The van der Waals surface area contributed by atoms with Gasteiger partial charge >= 0.3 is 0 Å². The largest absolute Gasteiger partial charge is 0.353 e. The first-order valence-electron chi connectivity index (χ1n) is 6.83. The Morgan fingerprint density at radius 3 is 2.85 bits per heavy atom. The number of nitrogens with zero attached hydrogens (tertiary/aromatic N) is 1. The topological polar surface area (TPSA) is 66.5 Å². The van der Waals surface area contributed by atoms with Gasteiger partial charge in [-0.15, -0.1) is 11.3 Å². The molecule has 7 heteroatoms. The number of piperidine rings is 2. The highest BCUT2D eigenvalue weighted by Crippen LogP contribution is 2.31. The van der Waals surface area contributed by atoms with Crippen molar-refractivity contribution in [2.24, 2.45) is 5.92 Å². The second-order valence-electron chi connectivity index (χ2n) is 5.49. The van der Waals surface area contributed by atoms with Gasteiger partial charge in [0, 0.05) is 30.4 Å². The van der Waals surface area contributed by atoms with Crippen LogP contribution in [0.1, 0.15) is 24.1 Å². The molecule has 2 aliphatic heterocycles. The highest BCUT2D eigenvalue weighted by molar-refractivity contribution is 7.91. The number of amides is 1. The predicted octanol–water partition coefficient (Wildman–Crippen LogP) is 1.35. The van der Waals surface area contributed by atoms with Crippen LogP contribution in [0.25, 0.3) is 0 Å². The number of hydrogen-bond acceptors (Lipinski definition) is 4. The molecule has 0 radical (unpaired) electrons. The quantitative estimate of drug-likeness (QED) is 0.896. The van der Waals surface area contributed by atoms with Gasteiger partial charge in [0.1, 0.15) is 4.21 Å². The summed E-state index contributed by atoms with van der Waals surface area (Å²) in [5, 5.41) is 2.98. The summed E-state index contributed by atoms with van der Waals surface area (Å²) in [7, 11) is -3.37. The third-order valence-corrected chi connectivity index (χ3v) is 7.43. The molecule has 1 amide bonds. The molecule has 20 heavy (non-hydrogen) atoms. The summed E-state index contributed by atoms with van der Waals surface area (Å²) in [6.45, 7) is 2.91. The van der Waals surface area contributed by atoms with Crippen LogP contribution < -0.4 is 5.32 Å². The van der Waals surface area contributed by atoms with E-state index in [9.17, 15) is 13.2 Å². The molecule has 2 atom stereocenters. The van der Waals surface area contributed by atoms with Crippen LogP contribution >= 0.6 is 11.3 Å². The average molecular weight is 314 g/mol. The monoisotopic (exact) mass is 314 g/mol. The Labute approximate surface area is 123 Å². The van der Waals surface area contributed by atoms with Crippen LogP contribution in [0.2, 0.25) is 0 Å². The smallest absolute Gasteiger partial charge is 0.252 e. The van der Waals surface area contributed by atoms with E-state index in [1.54, 1.807) is 10.4 Å². The molecule has 1 aromatic rings. The molecule has 0 aromatic carbocycles. The average Bonchev–Trinajstić information content (AvgIpc) is 2.85. The lowest BCUT2D eigenvalue weighted by molar-refractivity contribution is -0.124. The summed E-state index contributed by atoms with van der Waals surface area (Å²) in [5.74, 6) is 0.341. The van der Waals surface area contributed by atoms with Gasteiger partial charge in [-0.3, -0.25) is 4.79 Å². The minimum Gasteiger partial charge on any atom is -0.353 e. The zero-order valence-electron chi connectivity index (χ0n) is 11.3. The molecule has 110 valence electrons. The van der Waals surface area contributed by atoms with Gasteiger partial charge in [0.2, 0.25) is 5.91 Å². The molecule has 3 rings (SSSR count). The number of aryl methyl sites for hydroxylation is 1. The van der Waals surface area contributed by atoms with E-state index in [2.05, 4.69) is 5.32 Å². The number of carbonyl (C=O) groups excluding carboxylic acids is 1. The normalized spacial score (nSPS) is 27.9. The molecule has 0 aliphatic carbocycles. The van der Waals surface area contributed by atoms with Crippen LogP contribution in [-0.4, -0.2) is 37.8 Å². The first-order chi connectivity index (χ1) is 9.46. The Bertz CT molecular complexity index is 623. The number of rotatable bonds is 2. The number of carbonyl (C=O) groups is 1. The Morgan fingerprint density at radius 2 is 2.15 bits per heavy atom. The second-order valence-corrected chi connectivity index (χ2v) is 8.94. The van der Waals surface area contributed by atoms with Crippen molar-refractivity contribution in [1.82, 2.24) is 9.62 Å². The molecule has 2 saturated heterocycles. The summed E-state index contributed by atoms with van der Waals surface area (Å²) >= 11 is 1.32. The summed E-state index contributed by atoms with van der Waals surface area (Å²) in [6.07, 6.45) is 2.00. The molecule has 2 unspecified atom stereocenters. The van der Waals surface area contributed by atoms with Crippen LogP contribution in [0.3, 0.4) is 0 Å². The fraction of sp³-hybridized carbons (Fsp3) is 0.615. The molecular weight excluding hydrogens is 296 g/mol. The van der Waals surface area contributed by atoms with Crippen LogP contribution in [0.4, 0.5) is 0 Å². The van der Waals surface area contributed by atoms with Gasteiger partial charge in [-0.05, 0) is 37.8 Å². The Kier molecular flexibility index (Phi) is 3.60. The summed E-state index contributed by atoms with van der Waals surface area (Å²) in [5.41, 5.74) is 0. The molecule has 5 nitrogen and oxygen atoms in total. The van der Waals surface area contributed by atoms with E-state index in [1.807, 2.05) is 13.0 Å². The van der Waals surface area contributed by atoms with Gasteiger partial charge in [0.15, 0.2) is 0 Å². The van der Waals surface area contributed by atoms with Crippen LogP contribution in [0, 0.1) is 12.8 Å². The molecule has 0 spiro atoms. The summed E-state index contributed by atoms with van der Waals surface area (Å²) < 4.78 is 27.2. The molecule has 3 heterocycles. The van der Waals surface area contributed by atoms with E-state index >= 15 is 0 Å². The van der Waals surface area contributed by atoms with Crippen molar-refractivity contribution in [3.8, 4) is 0 Å². The van der Waals surface area contributed by atoms with Gasteiger partial charge < -0.3 is 5.32 Å². The maximum absolute atomic E-state index is 12.6. The fourth-order valence-corrected chi connectivity index (χ4v) is 5.92. The zero-order valence-corrected chi connectivity index (χ0v) is 13.0. The molecule has 0 bridgehead atoms. The van der Waals surface area contributed by atoms with Gasteiger partial charge in [-0.1, -0.05) is 0 Å². The van der Waals surface area contributed by atoms with Crippen molar-refractivity contribution in [3.63, 3.8) is 0 Å². The third kappa shape index (κ3) is 2.49. The number of sulfonamides is 1. The van der Waals surface area contributed by atoms with E-state index in [0.717, 1.165) is 11.3 Å². The maximum atomic E-state index is 12.6. The number of nitrogens with one attached hydrogen (secondary N) is 1. The minimum absolute atomic E-state index is 0.0939. The van der Waals surface area contributed by atoms with Crippen molar-refractivity contribution in [2.75, 3.05) is 13.1 Å². The fourth-order valence-electron chi connectivity index (χ4n) is 2.97. The first kappa shape index (κ1) is 14.0. The van der Waals surface area contributed by atoms with E-state index < -0.39 is 10.0 Å². The summed E-state index contributed by atoms with van der Waals surface area (Å²) in [4.78, 5) is 12.4. The Morgan fingerprint density at radius 1 is 1.35 bits per heavy atom. The number of hydrogen-bond donors (Lipinski definition) is 1. The molecule has 1 N–H and O–H groups in total. The highest BCUT2D eigenvalue weighted by atomic mass is 32.2. The van der Waals surface area contributed by atoms with Crippen molar-refractivity contribution in [3.05, 3.63) is 17.0 Å². The van der Waals surface area contributed by atoms with Crippen LogP contribution in [0.5, 0.6) is 0 Å². The van der Waals surface area contributed by atoms with Crippen molar-refractivity contribution in [2.45, 2.75) is 36.4 Å². The molecule has 1 aromatic heterocycles. The standard InChI is InChI=1S/C13H18N2O3S2/c1-9-2-5-13(19-9)20(17,18)15-7-6-11-10(8-15)3-4-12(16)14-11/h2,5,10-11H,3-4,6-8H2,1H3,(H,14,16). The minimum atomic E-state index is -3.37. The van der Waals surface area contributed by atoms with Crippen molar-refractivity contribution >= 4 is 27.3 Å². The third-order valence-electron chi connectivity index (χ3n) is 4.10.